The Bertz CT molecular complexity index is 483. The van der Waals surface area contributed by atoms with Crippen molar-refractivity contribution in [2.45, 2.75) is 49.5 Å². The lowest BCUT2D eigenvalue weighted by molar-refractivity contribution is 0.305. The van der Waals surface area contributed by atoms with E-state index in [1.807, 2.05) is 17.8 Å². The van der Waals surface area contributed by atoms with E-state index in [-0.39, 0.29) is 12.4 Å². The van der Waals surface area contributed by atoms with E-state index in [9.17, 15) is 4.39 Å². The molecule has 0 heterocycles. The van der Waals surface area contributed by atoms with Crippen molar-refractivity contribution >= 4 is 11.8 Å². The van der Waals surface area contributed by atoms with Gasteiger partial charge in [0.15, 0.2) is 0 Å². The Morgan fingerprint density at radius 3 is 2.80 bits per heavy atom. The summed E-state index contributed by atoms with van der Waals surface area (Å²) in [5, 5.41) is 9.50. The number of benzene rings is 1. The predicted octanol–water partition coefficient (Wildman–Crippen LogP) is 4.13. The minimum Gasteiger partial charge on any atom is -0.395 e. The molecule has 0 amide bonds. The van der Waals surface area contributed by atoms with Gasteiger partial charge in [-0.1, -0.05) is 37.2 Å². The van der Waals surface area contributed by atoms with E-state index in [1.165, 1.54) is 44.2 Å². The zero-order valence-corrected chi connectivity index (χ0v) is 12.5. The molecule has 1 aromatic rings. The maximum Gasteiger partial charge on any atom is 0.124 e. The van der Waals surface area contributed by atoms with Crippen LogP contribution >= 0.6 is 11.8 Å². The van der Waals surface area contributed by atoms with Gasteiger partial charge in [-0.2, -0.15) is 11.8 Å². The molecule has 1 aliphatic rings. The molecule has 0 atom stereocenters. The van der Waals surface area contributed by atoms with Crippen LogP contribution in [0.2, 0.25) is 0 Å². The second kappa shape index (κ2) is 8.34. The standard InChI is InChI=1S/C17H21FOS/c18-16-10-9-15(14(12-16)6-4-5-11-19)13-20-17-7-2-1-3-8-17/h9-10,12,17,19H,1-3,5,7-8,11,13H2. The Morgan fingerprint density at radius 1 is 1.25 bits per heavy atom. The highest BCUT2D eigenvalue weighted by Crippen LogP contribution is 2.31. The molecule has 108 valence electrons. The molecule has 2 rings (SSSR count). The molecule has 1 saturated carbocycles. The number of halogens is 1. The molecule has 0 radical (unpaired) electrons. The molecule has 0 bridgehead atoms. The fraction of sp³-hybridized carbons (Fsp3) is 0.529. The molecule has 0 aromatic heterocycles. The van der Waals surface area contributed by atoms with Crippen LogP contribution in [0.25, 0.3) is 0 Å². The quantitative estimate of drug-likeness (QED) is 0.842. The Hall–Kier alpha value is -0.980. The van der Waals surface area contributed by atoms with Gasteiger partial charge in [0.25, 0.3) is 0 Å². The number of rotatable bonds is 4. The summed E-state index contributed by atoms with van der Waals surface area (Å²) in [6, 6.07) is 4.85. The van der Waals surface area contributed by atoms with Gasteiger partial charge in [-0.05, 0) is 30.5 Å². The Labute approximate surface area is 125 Å². The van der Waals surface area contributed by atoms with E-state index < -0.39 is 0 Å². The lowest BCUT2D eigenvalue weighted by Crippen LogP contribution is -2.08. The summed E-state index contributed by atoms with van der Waals surface area (Å²) >= 11 is 1.97. The average molecular weight is 292 g/mol. The summed E-state index contributed by atoms with van der Waals surface area (Å²) in [6.45, 7) is 0.0501. The monoisotopic (exact) mass is 292 g/mol. The molecule has 3 heteroatoms. The summed E-state index contributed by atoms with van der Waals surface area (Å²) in [4.78, 5) is 0. The van der Waals surface area contributed by atoms with Crippen LogP contribution in [0, 0.1) is 17.7 Å². The van der Waals surface area contributed by atoms with Gasteiger partial charge in [0.1, 0.15) is 5.82 Å². The highest BCUT2D eigenvalue weighted by molar-refractivity contribution is 7.99. The molecule has 1 nitrogen and oxygen atoms in total. The minimum atomic E-state index is -0.246. The van der Waals surface area contributed by atoms with E-state index in [0.29, 0.717) is 6.42 Å². The lowest BCUT2D eigenvalue weighted by Gasteiger charge is -2.21. The number of hydrogen-bond donors (Lipinski definition) is 1. The fourth-order valence-electron chi connectivity index (χ4n) is 2.44. The third kappa shape index (κ3) is 4.85. The molecule has 0 aliphatic heterocycles. The lowest BCUT2D eigenvalue weighted by atomic mass is 10.0. The summed E-state index contributed by atoms with van der Waals surface area (Å²) < 4.78 is 13.3. The average Bonchev–Trinajstić information content (AvgIpc) is 2.48. The number of hydrogen-bond acceptors (Lipinski definition) is 2. The summed E-state index contributed by atoms with van der Waals surface area (Å²) in [7, 11) is 0. The number of thioether (sulfide) groups is 1. The number of aliphatic hydroxyl groups excluding tert-OH is 1. The molecule has 1 aromatic carbocycles. The fourth-order valence-corrected chi connectivity index (χ4v) is 3.78. The maximum atomic E-state index is 13.3. The first kappa shape index (κ1) is 15.4. The van der Waals surface area contributed by atoms with Gasteiger partial charge in [0.2, 0.25) is 0 Å². The van der Waals surface area contributed by atoms with Gasteiger partial charge in [-0.25, -0.2) is 4.39 Å². The smallest absolute Gasteiger partial charge is 0.124 e. The first-order valence-corrected chi connectivity index (χ1v) is 8.34. The van der Waals surface area contributed by atoms with Gasteiger partial charge < -0.3 is 5.11 Å². The Balaban J connectivity index is 2.00. The van der Waals surface area contributed by atoms with Gasteiger partial charge in [-0.15, -0.1) is 0 Å². The SMILES string of the molecule is OCCC#Cc1cc(F)ccc1CSC1CCCCC1. The number of aliphatic hydroxyl groups is 1. The van der Waals surface area contributed by atoms with E-state index in [4.69, 9.17) is 5.11 Å². The molecule has 0 spiro atoms. The third-order valence-corrected chi connectivity index (χ3v) is 4.98. The zero-order valence-electron chi connectivity index (χ0n) is 11.7. The van der Waals surface area contributed by atoms with Crippen LogP contribution in [0.15, 0.2) is 18.2 Å². The van der Waals surface area contributed by atoms with Gasteiger partial charge >= 0.3 is 0 Å². The molecule has 0 unspecified atom stereocenters. The highest BCUT2D eigenvalue weighted by Gasteiger charge is 2.14. The predicted molar refractivity (Wildman–Crippen MR) is 83.1 cm³/mol. The van der Waals surface area contributed by atoms with Crippen LogP contribution in [-0.4, -0.2) is 17.0 Å². The van der Waals surface area contributed by atoms with E-state index >= 15 is 0 Å². The van der Waals surface area contributed by atoms with Crippen molar-refractivity contribution in [2.24, 2.45) is 0 Å². The molecule has 1 fully saturated rings. The highest BCUT2D eigenvalue weighted by atomic mass is 32.2. The summed E-state index contributed by atoms with van der Waals surface area (Å²) in [5.74, 6) is 6.51. The van der Waals surface area contributed by atoms with Crippen LogP contribution < -0.4 is 0 Å². The van der Waals surface area contributed by atoms with E-state index in [0.717, 1.165) is 22.1 Å². The van der Waals surface area contributed by atoms with Crippen molar-refractivity contribution in [2.75, 3.05) is 6.61 Å². The van der Waals surface area contributed by atoms with Gasteiger partial charge in [0, 0.05) is 23.0 Å². The zero-order chi connectivity index (χ0) is 14.2. The van der Waals surface area contributed by atoms with Gasteiger partial charge in [0.05, 0.1) is 6.61 Å². The molecule has 1 N–H and O–H groups in total. The molecule has 20 heavy (non-hydrogen) atoms. The second-order valence-electron chi connectivity index (χ2n) is 5.15. The molecular formula is C17H21FOS. The molecular weight excluding hydrogens is 271 g/mol. The molecule has 0 saturated heterocycles. The largest absolute Gasteiger partial charge is 0.395 e. The minimum absolute atomic E-state index is 0.0501. The summed E-state index contributed by atoms with van der Waals surface area (Å²) in [6.07, 6.45) is 7.08. The van der Waals surface area contributed by atoms with Crippen molar-refractivity contribution in [1.82, 2.24) is 0 Å². The first-order valence-electron chi connectivity index (χ1n) is 7.29. The first-order chi connectivity index (χ1) is 9.79. The summed E-state index contributed by atoms with van der Waals surface area (Å²) in [5.41, 5.74) is 1.87. The van der Waals surface area contributed by atoms with Crippen LogP contribution in [0.5, 0.6) is 0 Å². The van der Waals surface area contributed by atoms with Crippen molar-refractivity contribution in [1.29, 1.82) is 0 Å². The van der Waals surface area contributed by atoms with E-state index in [1.54, 1.807) is 0 Å². The van der Waals surface area contributed by atoms with Crippen LogP contribution in [-0.2, 0) is 5.75 Å². The maximum absolute atomic E-state index is 13.3. The van der Waals surface area contributed by atoms with Crippen LogP contribution in [0.1, 0.15) is 49.7 Å². The molecule has 1 aliphatic carbocycles. The van der Waals surface area contributed by atoms with Crippen molar-refractivity contribution in [3.8, 4) is 11.8 Å². The second-order valence-corrected chi connectivity index (χ2v) is 6.44. The van der Waals surface area contributed by atoms with E-state index in [2.05, 4.69) is 11.8 Å². The van der Waals surface area contributed by atoms with Crippen molar-refractivity contribution < 1.29 is 9.50 Å². The normalized spacial score (nSPS) is 15.7. The van der Waals surface area contributed by atoms with Gasteiger partial charge in [-0.3, -0.25) is 0 Å². The Morgan fingerprint density at radius 2 is 2.05 bits per heavy atom. The van der Waals surface area contributed by atoms with Crippen molar-refractivity contribution in [3.63, 3.8) is 0 Å². The third-order valence-electron chi connectivity index (χ3n) is 3.56. The Kier molecular flexibility index (Phi) is 6.42. The topological polar surface area (TPSA) is 20.2 Å². The van der Waals surface area contributed by atoms with Crippen LogP contribution in [0.4, 0.5) is 4.39 Å². The van der Waals surface area contributed by atoms with Crippen LogP contribution in [0.3, 0.4) is 0 Å². The van der Waals surface area contributed by atoms with Crippen molar-refractivity contribution in [3.05, 3.63) is 35.1 Å².